The fraction of sp³-hybridized carbons (Fsp3) is 0.242. The van der Waals surface area contributed by atoms with Gasteiger partial charge in [0.1, 0.15) is 30.5 Å². The smallest absolute Gasteiger partial charge is 0.281 e. The van der Waals surface area contributed by atoms with E-state index in [0.29, 0.717) is 60.5 Å². The van der Waals surface area contributed by atoms with Crippen molar-refractivity contribution >= 4 is 22.6 Å². The van der Waals surface area contributed by atoms with Crippen LogP contribution in [0.25, 0.3) is 22.0 Å². The number of hydrogen-bond donors (Lipinski definition) is 1. The van der Waals surface area contributed by atoms with Crippen molar-refractivity contribution in [2.24, 2.45) is 0 Å². The first-order valence-corrected chi connectivity index (χ1v) is 14.4. The maximum absolute atomic E-state index is 13.6. The minimum absolute atomic E-state index is 0.0171. The molecule has 0 radical (unpaired) electrons. The second kappa shape index (κ2) is 11.8. The number of ether oxygens (including phenoxy) is 4. The van der Waals surface area contributed by atoms with Crippen LogP contribution >= 0.6 is 0 Å². The van der Waals surface area contributed by atoms with E-state index < -0.39 is 11.3 Å². The van der Waals surface area contributed by atoms with Gasteiger partial charge < -0.3 is 24.3 Å². The van der Waals surface area contributed by atoms with Crippen LogP contribution in [0.1, 0.15) is 34.9 Å². The molecule has 0 aliphatic carbocycles. The van der Waals surface area contributed by atoms with Crippen LogP contribution in [-0.4, -0.2) is 52.1 Å². The largest absolute Gasteiger partial charge is 0.486 e. The van der Waals surface area contributed by atoms with E-state index in [9.17, 15) is 9.59 Å². The molecule has 5 heterocycles. The van der Waals surface area contributed by atoms with Gasteiger partial charge in [-0.1, -0.05) is 29.8 Å². The van der Waals surface area contributed by atoms with E-state index >= 15 is 0 Å². The van der Waals surface area contributed by atoms with Gasteiger partial charge in [-0.25, -0.2) is 4.98 Å². The highest BCUT2D eigenvalue weighted by atomic mass is 16.6. The number of pyridine rings is 2. The fourth-order valence-corrected chi connectivity index (χ4v) is 5.30. The lowest BCUT2D eigenvalue weighted by atomic mass is 10.0. The van der Waals surface area contributed by atoms with Gasteiger partial charge >= 0.3 is 0 Å². The molecular formula is C33H29N5O6. The predicted molar refractivity (Wildman–Crippen MR) is 163 cm³/mol. The number of rotatable bonds is 6. The van der Waals surface area contributed by atoms with E-state index in [1.807, 2.05) is 43.3 Å². The third-order valence-electron chi connectivity index (χ3n) is 7.65. The number of hydrogen-bond acceptors (Lipinski definition) is 9. The lowest BCUT2D eigenvalue weighted by molar-refractivity contribution is 0.0655. The molecule has 1 N–H and O–H groups in total. The van der Waals surface area contributed by atoms with Crippen molar-refractivity contribution in [3.05, 3.63) is 94.7 Å². The van der Waals surface area contributed by atoms with Crippen molar-refractivity contribution in [3.63, 3.8) is 0 Å². The zero-order valence-corrected chi connectivity index (χ0v) is 24.0. The van der Waals surface area contributed by atoms with Crippen molar-refractivity contribution < 1.29 is 23.7 Å². The van der Waals surface area contributed by atoms with Crippen LogP contribution in [0.4, 0.5) is 5.82 Å². The Bertz CT molecular complexity index is 1900. The molecule has 11 nitrogen and oxygen atoms in total. The molecule has 0 bridgehead atoms. The van der Waals surface area contributed by atoms with Crippen molar-refractivity contribution in [3.8, 4) is 34.1 Å². The molecule has 1 saturated heterocycles. The topological polar surface area (TPSA) is 127 Å². The van der Waals surface area contributed by atoms with Crippen LogP contribution in [0.3, 0.4) is 0 Å². The van der Waals surface area contributed by atoms with E-state index in [-0.39, 0.29) is 17.6 Å². The molecule has 44 heavy (non-hydrogen) atoms. The monoisotopic (exact) mass is 591 g/mol. The second-order valence-electron chi connectivity index (χ2n) is 10.7. The number of aromatic nitrogens is 4. The Kier molecular flexibility index (Phi) is 7.37. The minimum Gasteiger partial charge on any atom is -0.486 e. The zero-order chi connectivity index (χ0) is 30.0. The molecule has 3 aromatic heterocycles. The molecule has 1 amide bonds. The normalized spacial score (nSPS) is 14.8. The number of carbonyl (C=O) groups excluding carboxylic acids is 1. The summed E-state index contributed by atoms with van der Waals surface area (Å²) in [5.41, 5.74) is 2.26. The summed E-state index contributed by atoms with van der Waals surface area (Å²) in [4.78, 5) is 35.8. The van der Waals surface area contributed by atoms with E-state index in [4.69, 9.17) is 18.9 Å². The van der Waals surface area contributed by atoms with E-state index in [1.54, 1.807) is 35.3 Å². The molecule has 5 aromatic rings. The van der Waals surface area contributed by atoms with Crippen LogP contribution < -0.4 is 25.0 Å². The molecule has 11 heteroatoms. The summed E-state index contributed by atoms with van der Waals surface area (Å²) < 4.78 is 24.7. The Balaban J connectivity index is 1.14. The molecule has 2 aromatic carbocycles. The summed E-state index contributed by atoms with van der Waals surface area (Å²) in [5.74, 6) is 1.91. The summed E-state index contributed by atoms with van der Waals surface area (Å²) in [5, 5.41) is 7.97. The van der Waals surface area contributed by atoms with E-state index in [2.05, 4.69) is 20.4 Å². The Morgan fingerprint density at radius 3 is 2.48 bits per heavy atom. The summed E-state index contributed by atoms with van der Waals surface area (Å²) in [6, 6.07) is 16.4. The molecular weight excluding hydrogens is 562 g/mol. The number of aryl methyl sites for hydroxylation is 1. The third-order valence-corrected chi connectivity index (χ3v) is 7.65. The minimum atomic E-state index is -0.641. The zero-order valence-electron chi connectivity index (χ0n) is 24.0. The second-order valence-corrected chi connectivity index (χ2v) is 10.7. The lowest BCUT2D eigenvalue weighted by Gasteiger charge is -2.24. The van der Waals surface area contributed by atoms with Gasteiger partial charge in [0, 0.05) is 42.6 Å². The number of nitrogens with zero attached hydrogens (tertiary/aromatic N) is 4. The van der Waals surface area contributed by atoms with E-state index in [1.165, 1.54) is 6.20 Å². The molecule has 7 rings (SSSR count). The van der Waals surface area contributed by atoms with Crippen molar-refractivity contribution in [1.82, 2.24) is 19.7 Å². The summed E-state index contributed by atoms with van der Waals surface area (Å²) in [6.45, 7) is 4.13. The van der Waals surface area contributed by atoms with E-state index in [0.717, 1.165) is 29.4 Å². The highest BCUT2D eigenvalue weighted by molar-refractivity contribution is 6.02. The van der Waals surface area contributed by atoms with Crippen molar-refractivity contribution in [2.45, 2.75) is 25.8 Å². The van der Waals surface area contributed by atoms with Gasteiger partial charge in [0.25, 0.3) is 5.91 Å². The average molecular weight is 592 g/mol. The first-order valence-electron chi connectivity index (χ1n) is 14.4. The van der Waals surface area contributed by atoms with Crippen LogP contribution in [0.5, 0.6) is 23.0 Å². The van der Waals surface area contributed by atoms with Crippen LogP contribution in [-0.2, 0) is 4.74 Å². The Morgan fingerprint density at radius 2 is 1.73 bits per heavy atom. The maximum Gasteiger partial charge on any atom is 0.281 e. The van der Waals surface area contributed by atoms with Gasteiger partial charge in [-0.15, -0.1) is 0 Å². The number of nitrogens with one attached hydrogen (secondary N) is 1. The standard InChI is InChI=1S/C33H29N5O6/c1-20-2-4-21(5-3-20)25-19-38(22-9-12-41-13-10-22)37-31(32(25)39)33(40)36-30-7-6-23(18-35-30)44-27-8-11-34-26-17-29-28(16-24(26)27)42-14-15-43-29/h2-8,11,16-19,22H,9-10,12-15H2,1H3,(H,35,36,40). The molecule has 1 fully saturated rings. The summed E-state index contributed by atoms with van der Waals surface area (Å²) in [7, 11) is 0. The number of fused-ring (bicyclic) bond motifs is 2. The quantitative estimate of drug-likeness (QED) is 0.279. The lowest BCUT2D eigenvalue weighted by Crippen LogP contribution is -2.30. The molecule has 222 valence electrons. The van der Waals surface area contributed by atoms with Crippen LogP contribution in [0, 0.1) is 6.92 Å². The van der Waals surface area contributed by atoms with Crippen molar-refractivity contribution in [2.75, 3.05) is 31.7 Å². The fourth-order valence-electron chi connectivity index (χ4n) is 5.30. The molecule has 2 aliphatic rings. The van der Waals surface area contributed by atoms with Gasteiger partial charge in [-0.2, -0.15) is 5.10 Å². The molecule has 0 atom stereocenters. The first kappa shape index (κ1) is 27.5. The Hall–Kier alpha value is -5.29. The Morgan fingerprint density at radius 1 is 0.955 bits per heavy atom. The van der Waals surface area contributed by atoms with Gasteiger partial charge in [0.2, 0.25) is 5.43 Å². The first-order chi connectivity index (χ1) is 21.5. The molecule has 0 unspecified atom stereocenters. The Labute approximate surface area is 252 Å². The summed E-state index contributed by atoms with van der Waals surface area (Å²) >= 11 is 0. The van der Waals surface area contributed by atoms with Gasteiger partial charge in [-0.05, 0) is 49.6 Å². The number of carbonyl (C=O) groups is 1. The molecule has 2 aliphatic heterocycles. The van der Waals surface area contributed by atoms with Gasteiger partial charge in [0.05, 0.1) is 17.8 Å². The van der Waals surface area contributed by atoms with Crippen LogP contribution in [0.15, 0.2) is 78.0 Å². The maximum atomic E-state index is 13.6. The number of anilines is 1. The summed E-state index contributed by atoms with van der Waals surface area (Å²) in [6.07, 6.45) is 6.37. The third kappa shape index (κ3) is 5.57. The van der Waals surface area contributed by atoms with Gasteiger partial charge in [-0.3, -0.25) is 19.3 Å². The van der Waals surface area contributed by atoms with Gasteiger partial charge in [0.15, 0.2) is 17.2 Å². The number of benzene rings is 2. The SMILES string of the molecule is Cc1ccc(-c2cn(C3CCOCC3)nc(C(=O)Nc3ccc(Oc4ccnc5cc6c(cc45)OCCO6)cn3)c2=O)cc1. The van der Waals surface area contributed by atoms with Crippen LogP contribution in [0.2, 0.25) is 0 Å². The molecule has 0 spiro atoms. The molecule has 0 saturated carbocycles. The number of amides is 1. The van der Waals surface area contributed by atoms with Crippen molar-refractivity contribution in [1.29, 1.82) is 0 Å². The average Bonchev–Trinajstić information content (AvgIpc) is 3.06. The predicted octanol–water partition coefficient (Wildman–Crippen LogP) is 5.33. The highest BCUT2D eigenvalue weighted by Gasteiger charge is 2.23. The highest BCUT2D eigenvalue weighted by Crippen LogP contribution is 2.38.